The first-order valence-electron chi connectivity index (χ1n) is 10.9. The van der Waals surface area contributed by atoms with Crippen LogP contribution in [0.1, 0.15) is 32.8 Å². The van der Waals surface area contributed by atoms with Crippen LogP contribution in [0.25, 0.3) is 0 Å². The predicted octanol–water partition coefficient (Wildman–Crippen LogP) is 5.29. The number of rotatable bonds is 8. The van der Waals surface area contributed by atoms with Gasteiger partial charge in [-0.2, -0.15) is 0 Å². The predicted molar refractivity (Wildman–Crippen MR) is 129 cm³/mol. The first-order valence-corrected chi connectivity index (χ1v) is 10.9. The summed E-state index contributed by atoms with van der Waals surface area (Å²) in [6.07, 6.45) is 1.80. The Morgan fingerprint density at radius 2 is 1.61 bits per heavy atom. The van der Waals surface area contributed by atoms with E-state index in [-0.39, 0.29) is 18.2 Å². The maximum absolute atomic E-state index is 13.5. The van der Waals surface area contributed by atoms with E-state index in [9.17, 15) is 9.59 Å². The standard InChI is InChI=1S/C28H26N2O3/c1-21-12-14-24(15-13-21)28(32)30(20-22-7-3-2-4-8-22)25-10-5-9-23(17-25)18-27(31)29-19-26-11-6-16-33-26/h2-17H,18-20H2,1H3,(H,29,31). The lowest BCUT2D eigenvalue weighted by Crippen LogP contribution is -2.30. The molecule has 0 unspecified atom stereocenters. The van der Waals surface area contributed by atoms with Crippen molar-refractivity contribution in [3.63, 3.8) is 0 Å². The van der Waals surface area contributed by atoms with Gasteiger partial charge in [0.2, 0.25) is 5.91 Å². The van der Waals surface area contributed by atoms with Crippen molar-refractivity contribution in [1.29, 1.82) is 0 Å². The van der Waals surface area contributed by atoms with E-state index in [1.54, 1.807) is 17.2 Å². The van der Waals surface area contributed by atoms with Crippen LogP contribution in [0.15, 0.2) is 102 Å². The summed E-state index contributed by atoms with van der Waals surface area (Å²) in [4.78, 5) is 27.7. The van der Waals surface area contributed by atoms with Gasteiger partial charge in [0, 0.05) is 11.3 Å². The fraction of sp³-hybridized carbons (Fsp3) is 0.143. The lowest BCUT2D eigenvalue weighted by Gasteiger charge is -2.24. The van der Waals surface area contributed by atoms with Crippen molar-refractivity contribution in [2.45, 2.75) is 26.4 Å². The van der Waals surface area contributed by atoms with Crippen LogP contribution in [0.2, 0.25) is 0 Å². The Bertz CT molecular complexity index is 1200. The highest BCUT2D eigenvalue weighted by Gasteiger charge is 2.19. The Balaban J connectivity index is 1.55. The molecule has 0 radical (unpaired) electrons. The van der Waals surface area contributed by atoms with Crippen LogP contribution < -0.4 is 10.2 Å². The molecule has 1 aromatic heterocycles. The van der Waals surface area contributed by atoms with Gasteiger partial charge in [0.15, 0.2) is 0 Å². The SMILES string of the molecule is Cc1ccc(C(=O)N(Cc2ccccc2)c2cccc(CC(=O)NCc3ccco3)c2)cc1. The van der Waals surface area contributed by atoms with E-state index in [1.807, 2.05) is 91.9 Å². The van der Waals surface area contributed by atoms with E-state index < -0.39 is 0 Å². The monoisotopic (exact) mass is 438 g/mol. The van der Waals surface area contributed by atoms with Gasteiger partial charge < -0.3 is 14.6 Å². The van der Waals surface area contributed by atoms with Crippen LogP contribution in [0, 0.1) is 6.92 Å². The van der Waals surface area contributed by atoms with Crippen LogP contribution in [0.5, 0.6) is 0 Å². The molecule has 0 saturated carbocycles. The number of aryl methyl sites for hydroxylation is 1. The van der Waals surface area contributed by atoms with E-state index in [4.69, 9.17) is 4.42 Å². The third-order valence-corrected chi connectivity index (χ3v) is 5.35. The van der Waals surface area contributed by atoms with Crippen molar-refractivity contribution in [2.75, 3.05) is 4.90 Å². The Morgan fingerprint density at radius 1 is 0.848 bits per heavy atom. The molecular weight excluding hydrogens is 412 g/mol. The first kappa shape index (κ1) is 22.1. The number of hydrogen-bond acceptors (Lipinski definition) is 3. The average Bonchev–Trinajstić information content (AvgIpc) is 3.36. The van der Waals surface area contributed by atoms with Crippen molar-refractivity contribution < 1.29 is 14.0 Å². The zero-order valence-corrected chi connectivity index (χ0v) is 18.5. The lowest BCUT2D eigenvalue weighted by molar-refractivity contribution is -0.120. The molecule has 0 aliphatic carbocycles. The van der Waals surface area contributed by atoms with Crippen molar-refractivity contribution in [3.8, 4) is 0 Å². The van der Waals surface area contributed by atoms with Crippen molar-refractivity contribution >= 4 is 17.5 Å². The molecule has 166 valence electrons. The summed E-state index contributed by atoms with van der Waals surface area (Å²) < 4.78 is 5.26. The zero-order chi connectivity index (χ0) is 23.0. The molecule has 1 heterocycles. The summed E-state index contributed by atoms with van der Waals surface area (Å²) >= 11 is 0. The second-order valence-corrected chi connectivity index (χ2v) is 7.95. The minimum Gasteiger partial charge on any atom is -0.467 e. The molecule has 1 N–H and O–H groups in total. The molecule has 0 aliphatic heterocycles. The molecule has 0 atom stereocenters. The van der Waals surface area contributed by atoms with Crippen molar-refractivity contribution in [3.05, 3.63) is 125 Å². The number of benzene rings is 3. The molecule has 0 saturated heterocycles. The number of anilines is 1. The van der Waals surface area contributed by atoms with Crippen LogP contribution in [0.3, 0.4) is 0 Å². The number of furan rings is 1. The van der Waals surface area contributed by atoms with Crippen molar-refractivity contribution in [1.82, 2.24) is 5.32 Å². The molecule has 5 nitrogen and oxygen atoms in total. The fourth-order valence-corrected chi connectivity index (χ4v) is 3.58. The summed E-state index contributed by atoms with van der Waals surface area (Å²) in [5, 5.41) is 2.86. The molecule has 0 aliphatic rings. The van der Waals surface area contributed by atoms with Gasteiger partial charge >= 0.3 is 0 Å². The minimum absolute atomic E-state index is 0.0849. The summed E-state index contributed by atoms with van der Waals surface area (Å²) in [5.74, 6) is 0.510. The highest BCUT2D eigenvalue weighted by atomic mass is 16.3. The highest BCUT2D eigenvalue weighted by molar-refractivity contribution is 6.06. The van der Waals surface area contributed by atoms with E-state index >= 15 is 0 Å². The molecule has 33 heavy (non-hydrogen) atoms. The molecule has 2 amide bonds. The number of nitrogens with one attached hydrogen (secondary N) is 1. The van der Waals surface area contributed by atoms with Crippen LogP contribution in [-0.4, -0.2) is 11.8 Å². The van der Waals surface area contributed by atoms with Crippen LogP contribution in [0.4, 0.5) is 5.69 Å². The van der Waals surface area contributed by atoms with Gasteiger partial charge in [0.25, 0.3) is 5.91 Å². The Labute approximate surface area is 193 Å². The molecule has 4 rings (SSSR count). The summed E-state index contributed by atoms with van der Waals surface area (Å²) in [5.41, 5.74) is 4.33. The van der Waals surface area contributed by atoms with Gasteiger partial charge in [-0.05, 0) is 54.4 Å². The average molecular weight is 439 g/mol. The number of hydrogen-bond donors (Lipinski definition) is 1. The fourth-order valence-electron chi connectivity index (χ4n) is 3.58. The minimum atomic E-state index is -0.108. The van der Waals surface area contributed by atoms with Gasteiger partial charge in [0.05, 0.1) is 25.8 Å². The quantitative estimate of drug-likeness (QED) is 0.406. The van der Waals surface area contributed by atoms with Crippen LogP contribution in [-0.2, 0) is 24.3 Å². The molecule has 3 aromatic carbocycles. The van der Waals surface area contributed by atoms with Gasteiger partial charge in [-0.15, -0.1) is 0 Å². The highest BCUT2D eigenvalue weighted by Crippen LogP contribution is 2.22. The van der Waals surface area contributed by atoms with E-state index in [0.29, 0.717) is 24.4 Å². The lowest BCUT2D eigenvalue weighted by atomic mass is 10.1. The Kier molecular flexibility index (Phi) is 7.00. The Morgan fingerprint density at radius 3 is 2.33 bits per heavy atom. The smallest absolute Gasteiger partial charge is 0.258 e. The summed E-state index contributed by atoms with van der Waals surface area (Å²) in [7, 11) is 0. The van der Waals surface area contributed by atoms with Gasteiger partial charge in [-0.1, -0.05) is 60.2 Å². The second-order valence-electron chi connectivity index (χ2n) is 7.95. The van der Waals surface area contributed by atoms with Crippen molar-refractivity contribution in [2.24, 2.45) is 0 Å². The zero-order valence-electron chi connectivity index (χ0n) is 18.5. The molecule has 5 heteroatoms. The number of amides is 2. The summed E-state index contributed by atoms with van der Waals surface area (Å²) in [6, 6.07) is 28.6. The Hall–Kier alpha value is -4.12. The molecule has 0 bridgehead atoms. The van der Waals surface area contributed by atoms with Gasteiger partial charge in [-0.25, -0.2) is 0 Å². The van der Waals surface area contributed by atoms with E-state index in [2.05, 4.69) is 5.32 Å². The molecular formula is C28H26N2O3. The number of carbonyl (C=O) groups excluding carboxylic acids is 2. The number of nitrogens with zero attached hydrogens (tertiary/aromatic N) is 1. The third-order valence-electron chi connectivity index (χ3n) is 5.35. The second kappa shape index (κ2) is 10.5. The van der Waals surface area contributed by atoms with Crippen LogP contribution >= 0.6 is 0 Å². The largest absolute Gasteiger partial charge is 0.467 e. The first-order chi connectivity index (χ1) is 16.1. The molecule has 0 fully saturated rings. The van der Waals surface area contributed by atoms with E-state index in [0.717, 1.165) is 22.4 Å². The maximum atomic E-state index is 13.5. The normalized spacial score (nSPS) is 10.6. The van der Waals surface area contributed by atoms with E-state index in [1.165, 1.54) is 0 Å². The molecule has 4 aromatic rings. The number of carbonyl (C=O) groups is 2. The maximum Gasteiger partial charge on any atom is 0.258 e. The third kappa shape index (κ3) is 5.98. The summed E-state index contributed by atoms with van der Waals surface area (Å²) in [6.45, 7) is 2.77. The van der Waals surface area contributed by atoms with Gasteiger partial charge in [0.1, 0.15) is 5.76 Å². The van der Waals surface area contributed by atoms with Gasteiger partial charge in [-0.3, -0.25) is 9.59 Å². The topological polar surface area (TPSA) is 62.6 Å². The molecule has 0 spiro atoms.